The number of rotatable bonds is 12. The average molecular weight is 430 g/mol. The van der Waals surface area contributed by atoms with Crippen molar-refractivity contribution in [3.8, 4) is 0 Å². The number of unbranched alkanes of at least 4 members (excludes halogenated alkanes) is 2. The van der Waals surface area contributed by atoms with E-state index in [0.717, 1.165) is 43.5 Å². The maximum Gasteiger partial charge on any atom is 0.407 e. The van der Waals surface area contributed by atoms with Gasteiger partial charge in [0, 0.05) is 19.3 Å². The van der Waals surface area contributed by atoms with Crippen LogP contribution in [0.25, 0.3) is 0 Å². The second-order valence-electron chi connectivity index (χ2n) is 7.90. The minimum Gasteiger partial charge on any atom is -0.450 e. The molecule has 8 nitrogen and oxygen atoms in total. The lowest BCUT2D eigenvalue weighted by Crippen LogP contribution is -2.56. The number of nitrogens with one attached hydrogen (secondary N) is 1. The Morgan fingerprint density at radius 1 is 1.23 bits per heavy atom. The van der Waals surface area contributed by atoms with Crippen molar-refractivity contribution in [3.05, 3.63) is 35.7 Å². The van der Waals surface area contributed by atoms with Crippen molar-refractivity contribution in [2.45, 2.75) is 57.7 Å². The SMILES string of the molecule is CCCCOC(=O)NCCOCCN1C(CCCC)N=C2C(N)=CC=C3N=CC=CC321. The smallest absolute Gasteiger partial charge is 0.407 e. The van der Waals surface area contributed by atoms with Gasteiger partial charge in [-0.3, -0.25) is 14.9 Å². The minimum absolute atomic E-state index is 0.0385. The minimum atomic E-state index is -0.517. The second-order valence-corrected chi connectivity index (χ2v) is 7.90. The van der Waals surface area contributed by atoms with E-state index < -0.39 is 11.6 Å². The fourth-order valence-corrected chi connectivity index (χ4v) is 4.12. The zero-order valence-corrected chi connectivity index (χ0v) is 18.7. The van der Waals surface area contributed by atoms with E-state index in [9.17, 15) is 4.79 Å². The van der Waals surface area contributed by atoms with Crippen molar-refractivity contribution < 1.29 is 14.3 Å². The summed E-state index contributed by atoms with van der Waals surface area (Å²) in [6, 6.07) is 0. The predicted octanol–water partition coefficient (Wildman–Crippen LogP) is 2.92. The normalized spacial score (nSPS) is 24.2. The topological polar surface area (TPSA) is 102 Å². The van der Waals surface area contributed by atoms with Crippen LogP contribution in [0.15, 0.2) is 45.7 Å². The highest BCUT2D eigenvalue weighted by Gasteiger charge is 2.52. The molecule has 3 aliphatic rings. The van der Waals surface area contributed by atoms with Gasteiger partial charge in [0.2, 0.25) is 0 Å². The van der Waals surface area contributed by atoms with Crippen LogP contribution in [-0.2, 0) is 9.47 Å². The van der Waals surface area contributed by atoms with E-state index in [1.165, 1.54) is 0 Å². The summed E-state index contributed by atoms with van der Waals surface area (Å²) in [6.45, 7) is 6.75. The first-order valence-corrected chi connectivity index (χ1v) is 11.4. The number of amides is 1. The molecule has 170 valence electrons. The number of carbonyl (C=O) groups excluding carboxylic acids is 1. The van der Waals surface area contributed by atoms with Crippen molar-refractivity contribution in [1.29, 1.82) is 0 Å². The Labute approximate surface area is 185 Å². The molecule has 0 saturated carbocycles. The summed E-state index contributed by atoms with van der Waals surface area (Å²) in [5.74, 6) is 0. The largest absolute Gasteiger partial charge is 0.450 e. The molecule has 3 N–H and O–H groups in total. The van der Waals surface area contributed by atoms with Gasteiger partial charge in [0.15, 0.2) is 0 Å². The summed E-state index contributed by atoms with van der Waals surface area (Å²) < 4.78 is 10.9. The molecule has 8 heteroatoms. The number of carbonyl (C=O) groups is 1. The molecule has 0 aromatic rings. The Morgan fingerprint density at radius 3 is 2.87 bits per heavy atom. The summed E-state index contributed by atoms with van der Waals surface area (Å²) in [5.41, 5.74) is 8.34. The maximum atomic E-state index is 11.6. The van der Waals surface area contributed by atoms with Gasteiger partial charge in [0.05, 0.1) is 36.9 Å². The first kappa shape index (κ1) is 23.2. The summed E-state index contributed by atoms with van der Waals surface area (Å²) in [5, 5.41) is 2.72. The third-order valence-corrected chi connectivity index (χ3v) is 5.71. The zero-order chi connectivity index (χ0) is 22.1. The molecule has 1 aliphatic carbocycles. The van der Waals surface area contributed by atoms with Gasteiger partial charge in [-0.05, 0) is 31.1 Å². The van der Waals surface area contributed by atoms with Gasteiger partial charge in [-0.2, -0.15) is 0 Å². The van der Waals surface area contributed by atoms with Crippen LogP contribution in [0.2, 0.25) is 0 Å². The van der Waals surface area contributed by atoms with Crippen molar-refractivity contribution in [2.24, 2.45) is 15.7 Å². The zero-order valence-electron chi connectivity index (χ0n) is 18.7. The van der Waals surface area contributed by atoms with E-state index in [1.807, 2.05) is 24.4 Å². The second kappa shape index (κ2) is 11.2. The number of allylic oxidation sites excluding steroid dienone is 3. The molecule has 1 spiro atoms. The Bertz CT molecular complexity index is 786. The van der Waals surface area contributed by atoms with Crippen molar-refractivity contribution >= 4 is 18.0 Å². The lowest BCUT2D eigenvalue weighted by Gasteiger charge is -2.42. The molecule has 0 bridgehead atoms. The van der Waals surface area contributed by atoms with Gasteiger partial charge >= 0.3 is 6.09 Å². The Kier molecular flexibility index (Phi) is 8.43. The Hall–Kier alpha value is -2.45. The highest BCUT2D eigenvalue weighted by Crippen LogP contribution is 2.42. The third-order valence-electron chi connectivity index (χ3n) is 5.71. The summed E-state index contributed by atoms with van der Waals surface area (Å²) in [7, 11) is 0. The highest BCUT2D eigenvalue weighted by molar-refractivity contribution is 6.13. The number of nitrogens with two attached hydrogens (primary N) is 1. The van der Waals surface area contributed by atoms with Gasteiger partial charge in [0.1, 0.15) is 11.7 Å². The first-order chi connectivity index (χ1) is 15.1. The lowest BCUT2D eigenvalue weighted by atomic mass is 9.81. The van der Waals surface area contributed by atoms with Gasteiger partial charge in [-0.15, -0.1) is 0 Å². The number of nitrogens with zero attached hydrogens (tertiary/aromatic N) is 3. The molecule has 0 fully saturated rings. The molecule has 2 aliphatic heterocycles. The van der Waals surface area contributed by atoms with Crippen LogP contribution in [0, 0.1) is 0 Å². The van der Waals surface area contributed by atoms with Crippen LogP contribution in [0.3, 0.4) is 0 Å². The molecule has 31 heavy (non-hydrogen) atoms. The quantitative estimate of drug-likeness (QED) is 0.465. The molecule has 0 aromatic carbocycles. The lowest BCUT2D eigenvalue weighted by molar-refractivity contribution is 0.0739. The number of alkyl carbamates (subject to hydrolysis) is 1. The molecular formula is C23H35N5O3. The predicted molar refractivity (Wildman–Crippen MR) is 123 cm³/mol. The average Bonchev–Trinajstić information content (AvgIpc) is 3.09. The van der Waals surface area contributed by atoms with Crippen molar-refractivity contribution in [3.63, 3.8) is 0 Å². The molecule has 0 saturated heterocycles. The number of hydrogen-bond donors (Lipinski definition) is 2. The molecule has 2 atom stereocenters. The summed E-state index contributed by atoms with van der Waals surface area (Å²) in [4.78, 5) is 23.6. The van der Waals surface area contributed by atoms with Crippen LogP contribution >= 0.6 is 0 Å². The summed E-state index contributed by atoms with van der Waals surface area (Å²) >= 11 is 0. The third kappa shape index (κ3) is 5.25. The van der Waals surface area contributed by atoms with E-state index >= 15 is 0 Å². The molecule has 3 rings (SSSR count). The fourth-order valence-electron chi connectivity index (χ4n) is 4.12. The number of ether oxygens (including phenoxy) is 2. The first-order valence-electron chi connectivity index (χ1n) is 11.4. The van der Waals surface area contributed by atoms with E-state index in [0.29, 0.717) is 38.6 Å². The van der Waals surface area contributed by atoms with Gasteiger partial charge in [0.25, 0.3) is 0 Å². The maximum absolute atomic E-state index is 11.6. The molecular weight excluding hydrogens is 394 g/mol. The van der Waals surface area contributed by atoms with Crippen molar-refractivity contribution in [1.82, 2.24) is 10.2 Å². The van der Waals surface area contributed by atoms with Crippen LogP contribution in [0.4, 0.5) is 4.79 Å². The molecule has 0 radical (unpaired) electrons. The van der Waals surface area contributed by atoms with Crippen LogP contribution in [0.1, 0.15) is 46.0 Å². The van der Waals surface area contributed by atoms with E-state index in [-0.39, 0.29) is 6.17 Å². The summed E-state index contributed by atoms with van der Waals surface area (Å²) in [6.07, 6.45) is 14.5. The number of dihydropyridines is 1. The molecule has 2 heterocycles. The molecule has 2 unspecified atom stereocenters. The highest BCUT2D eigenvalue weighted by atomic mass is 16.5. The van der Waals surface area contributed by atoms with Gasteiger partial charge < -0.3 is 20.5 Å². The van der Waals surface area contributed by atoms with Crippen LogP contribution in [-0.4, -0.2) is 67.5 Å². The van der Waals surface area contributed by atoms with E-state index in [2.05, 4.69) is 35.1 Å². The van der Waals surface area contributed by atoms with Crippen LogP contribution < -0.4 is 11.1 Å². The van der Waals surface area contributed by atoms with Crippen molar-refractivity contribution in [2.75, 3.05) is 32.9 Å². The van der Waals surface area contributed by atoms with E-state index in [1.54, 1.807) is 0 Å². The van der Waals surface area contributed by atoms with Crippen LogP contribution in [0.5, 0.6) is 0 Å². The Morgan fingerprint density at radius 2 is 2.06 bits per heavy atom. The van der Waals surface area contributed by atoms with E-state index in [4.69, 9.17) is 20.2 Å². The monoisotopic (exact) mass is 429 g/mol. The standard InChI is InChI=1S/C23H35N5O3/c1-3-5-8-20-27-21-18(24)9-10-19-23(21,11-7-12-25-19)28(20)14-17-30-16-13-26-22(29)31-15-6-4-2/h7,9-12,20H,3-6,8,13-17,24H2,1-2H3,(H,26,29). The van der Waals surface area contributed by atoms with Gasteiger partial charge in [-0.1, -0.05) is 39.2 Å². The van der Waals surface area contributed by atoms with Gasteiger partial charge in [-0.25, -0.2) is 4.79 Å². The fraction of sp³-hybridized carbons (Fsp3) is 0.609. The molecule has 0 aromatic heterocycles. The molecule has 1 amide bonds. The number of aliphatic imine (C=N–C) groups is 2. The number of hydrogen-bond acceptors (Lipinski definition) is 7. The Balaban J connectivity index is 1.55.